The number of rotatable bonds is 6. The first-order chi connectivity index (χ1) is 14.3. The number of carbonyl (C=O) groups excluding carboxylic acids is 1. The van der Waals surface area contributed by atoms with E-state index < -0.39 is 22.4 Å². The zero-order valence-electron chi connectivity index (χ0n) is 15.6. The molecule has 11 heteroatoms. The summed E-state index contributed by atoms with van der Waals surface area (Å²) in [7, 11) is -3.98. The highest BCUT2D eigenvalue weighted by Gasteiger charge is 2.33. The highest BCUT2D eigenvalue weighted by atomic mass is 35.5. The van der Waals surface area contributed by atoms with Crippen LogP contribution in [0.25, 0.3) is 11.3 Å². The van der Waals surface area contributed by atoms with Crippen molar-refractivity contribution in [1.29, 1.82) is 0 Å². The molecule has 1 aliphatic heterocycles. The monoisotopic (exact) mass is 449 g/mol. The van der Waals surface area contributed by atoms with Crippen LogP contribution in [0.3, 0.4) is 0 Å². The van der Waals surface area contributed by atoms with Crippen molar-refractivity contribution >= 4 is 27.5 Å². The molecule has 156 valence electrons. The summed E-state index contributed by atoms with van der Waals surface area (Å²) in [6.07, 6.45) is 1.82. The van der Waals surface area contributed by atoms with Crippen molar-refractivity contribution in [2.24, 2.45) is 0 Å². The van der Waals surface area contributed by atoms with E-state index in [0.717, 1.165) is 29.5 Å². The van der Waals surface area contributed by atoms with Gasteiger partial charge in [-0.05, 0) is 18.2 Å². The quantitative estimate of drug-likeness (QED) is 0.621. The SMILES string of the molecule is O=C(CNS(=O)(=O)c1ccc(F)c(Cl)c1)N1CC(n2cc(-c3ccccc3)nn2)C1. The van der Waals surface area contributed by atoms with Gasteiger partial charge in [-0.3, -0.25) is 4.79 Å². The van der Waals surface area contributed by atoms with Crippen LogP contribution in [0, 0.1) is 5.82 Å². The number of hydrogen-bond acceptors (Lipinski definition) is 5. The smallest absolute Gasteiger partial charge is 0.241 e. The van der Waals surface area contributed by atoms with Crippen LogP contribution in [0.15, 0.2) is 59.6 Å². The Kier molecular flexibility index (Phi) is 5.54. The molecule has 2 aromatic carbocycles. The maximum Gasteiger partial charge on any atom is 0.241 e. The van der Waals surface area contributed by atoms with E-state index in [1.807, 2.05) is 36.5 Å². The highest BCUT2D eigenvalue weighted by Crippen LogP contribution is 2.23. The first-order valence-corrected chi connectivity index (χ1v) is 10.9. The lowest BCUT2D eigenvalue weighted by molar-refractivity contribution is -0.135. The maximum atomic E-state index is 13.2. The third kappa shape index (κ3) is 4.20. The van der Waals surface area contributed by atoms with Crippen LogP contribution in [0.2, 0.25) is 5.02 Å². The Balaban J connectivity index is 1.31. The van der Waals surface area contributed by atoms with E-state index in [9.17, 15) is 17.6 Å². The summed E-state index contributed by atoms with van der Waals surface area (Å²) in [6, 6.07) is 12.6. The van der Waals surface area contributed by atoms with Crippen molar-refractivity contribution < 1.29 is 17.6 Å². The molecule has 1 saturated heterocycles. The van der Waals surface area contributed by atoms with Crippen LogP contribution in [0.5, 0.6) is 0 Å². The van der Waals surface area contributed by atoms with Gasteiger partial charge in [0.15, 0.2) is 0 Å². The Morgan fingerprint density at radius 1 is 1.20 bits per heavy atom. The molecule has 1 aliphatic rings. The Morgan fingerprint density at radius 2 is 1.93 bits per heavy atom. The summed E-state index contributed by atoms with van der Waals surface area (Å²) in [5.74, 6) is -1.09. The molecule has 0 bridgehead atoms. The zero-order chi connectivity index (χ0) is 21.3. The predicted molar refractivity (Wildman–Crippen MR) is 108 cm³/mol. The molecule has 0 spiro atoms. The fourth-order valence-electron chi connectivity index (χ4n) is 3.02. The predicted octanol–water partition coefficient (Wildman–Crippen LogP) is 2.10. The summed E-state index contributed by atoms with van der Waals surface area (Å²) in [5.41, 5.74) is 1.69. The van der Waals surface area contributed by atoms with Gasteiger partial charge in [-0.15, -0.1) is 5.10 Å². The van der Waals surface area contributed by atoms with Crippen molar-refractivity contribution in [3.8, 4) is 11.3 Å². The van der Waals surface area contributed by atoms with Crippen molar-refractivity contribution in [3.05, 3.63) is 65.6 Å². The van der Waals surface area contributed by atoms with Crippen LogP contribution in [0.4, 0.5) is 4.39 Å². The molecule has 30 heavy (non-hydrogen) atoms. The summed E-state index contributed by atoms with van der Waals surface area (Å²) in [6.45, 7) is 0.401. The highest BCUT2D eigenvalue weighted by molar-refractivity contribution is 7.89. The van der Waals surface area contributed by atoms with Crippen molar-refractivity contribution in [2.75, 3.05) is 19.6 Å². The van der Waals surface area contributed by atoms with Gasteiger partial charge in [0.05, 0.1) is 28.7 Å². The Morgan fingerprint density at radius 3 is 2.63 bits per heavy atom. The second-order valence-electron chi connectivity index (χ2n) is 6.80. The number of carbonyl (C=O) groups is 1. The van der Waals surface area contributed by atoms with E-state index in [1.54, 1.807) is 4.68 Å². The minimum atomic E-state index is -3.98. The third-order valence-electron chi connectivity index (χ3n) is 4.78. The fourth-order valence-corrected chi connectivity index (χ4v) is 4.26. The van der Waals surface area contributed by atoms with E-state index >= 15 is 0 Å². The summed E-state index contributed by atoms with van der Waals surface area (Å²) >= 11 is 5.62. The topological polar surface area (TPSA) is 97.2 Å². The maximum absolute atomic E-state index is 13.2. The van der Waals surface area contributed by atoms with Crippen LogP contribution in [-0.2, 0) is 14.8 Å². The Hall–Kier alpha value is -2.82. The van der Waals surface area contributed by atoms with Crippen molar-refractivity contribution in [2.45, 2.75) is 10.9 Å². The van der Waals surface area contributed by atoms with Gasteiger partial charge in [-0.25, -0.2) is 22.2 Å². The van der Waals surface area contributed by atoms with Crippen LogP contribution >= 0.6 is 11.6 Å². The number of aromatic nitrogens is 3. The number of benzene rings is 2. The molecular weight excluding hydrogens is 433 g/mol. The van der Waals surface area contributed by atoms with Gasteiger partial charge < -0.3 is 4.90 Å². The van der Waals surface area contributed by atoms with E-state index in [-0.39, 0.29) is 21.9 Å². The lowest BCUT2D eigenvalue weighted by atomic mass is 10.1. The Bertz CT molecular complexity index is 1180. The van der Waals surface area contributed by atoms with Gasteiger partial charge in [-0.2, -0.15) is 0 Å². The molecule has 1 fully saturated rings. The van der Waals surface area contributed by atoms with Crippen molar-refractivity contribution in [1.82, 2.24) is 24.6 Å². The largest absolute Gasteiger partial charge is 0.337 e. The summed E-state index contributed by atoms with van der Waals surface area (Å²) in [5, 5.41) is 7.97. The lowest BCUT2D eigenvalue weighted by Crippen LogP contribution is -2.53. The summed E-state index contributed by atoms with van der Waals surface area (Å²) in [4.78, 5) is 13.6. The third-order valence-corrected chi connectivity index (χ3v) is 6.47. The molecule has 0 saturated carbocycles. The number of likely N-dealkylation sites (tertiary alicyclic amines) is 1. The Labute approximate surface area is 177 Å². The molecule has 0 unspecified atom stereocenters. The fraction of sp³-hybridized carbons (Fsp3) is 0.211. The van der Waals surface area contributed by atoms with Crippen LogP contribution < -0.4 is 4.72 Å². The second kappa shape index (κ2) is 8.13. The molecule has 0 atom stereocenters. The van der Waals surface area contributed by atoms with Crippen LogP contribution in [-0.4, -0.2) is 53.9 Å². The number of amides is 1. The molecule has 1 aromatic heterocycles. The van der Waals surface area contributed by atoms with Gasteiger partial charge in [0.2, 0.25) is 15.9 Å². The van der Waals surface area contributed by atoms with Gasteiger partial charge in [0.25, 0.3) is 0 Å². The molecule has 0 aliphatic carbocycles. The van der Waals surface area contributed by atoms with Crippen molar-refractivity contribution in [3.63, 3.8) is 0 Å². The van der Waals surface area contributed by atoms with E-state index in [4.69, 9.17) is 11.6 Å². The standard InChI is InChI=1S/C19H17ClFN5O3S/c20-16-8-15(6-7-17(16)21)30(28,29)22-9-19(27)25-10-14(11-25)26-12-18(23-24-26)13-4-2-1-3-5-13/h1-8,12,14,22H,9-11H2. The molecule has 8 nitrogen and oxygen atoms in total. The van der Waals surface area contributed by atoms with Gasteiger partial charge >= 0.3 is 0 Å². The first-order valence-electron chi connectivity index (χ1n) is 9.03. The molecule has 1 N–H and O–H groups in total. The molecule has 2 heterocycles. The number of nitrogens with zero attached hydrogens (tertiary/aromatic N) is 4. The normalized spacial score (nSPS) is 14.5. The molecule has 1 amide bonds. The molecule has 3 aromatic rings. The number of nitrogens with one attached hydrogen (secondary N) is 1. The number of sulfonamides is 1. The summed E-state index contributed by atoms with van der Waals surface area (Å²) < 4.78 is 41.7. The average Bonchev–Trinajstić information content (AvgIpc) is 3.18. The number of hydrogen-bond donors (Lipinski definition) is 1. The lowest BCUT2D eigenvalue weighted by Gasteiger charge is -2.38. The van der Waals surface area contributed by atoms with Gasteiger partial charge in [0.1, 0.15) is 11.5 Å². The first kappa shape index (κ1) is 20.5. The van der Waals surface area contributed by atoms with Gasteiger partial charge in [0, 0.05) is 18.7 Å². The zero-order valence-corrected chi connectivity index (χ0v) is 17.1. The van der Waals surface area contributed by atoms with Crippen LogP contribution in [0.1, 0.15) is 6.04 Å². The average molecular weight is 450 g/mol. The molecular formula is C19H17ClFN5O3S. The molecule has 0 radical (unpaired) electrons. The van der Waals surface area contributed by atoms with E-state index in [1.165, 1.54) is 4.90 Å². The van der Waals surface area contributed by atoms with Gasteiger partial charge in [-0.1, -0.05) is 47.1 Å². The van der Waals surface area contributed by atoms with E-state index in [2.05, 4.69) is 15.0 Å². The van der Waals surface area contributed by atoms with E-state index in [0.29, 0.717) is 13.1 Å². The minimum Gasteiger partial charge on any atom is -0.337 e. The minimum absolute atomic E-state index is 0.0218. The number of halogens is 2. The molecule has 4 rings (SSSR count). The second-order valence-corrected chi connectivity index (χ2v) is 8.98.